The highest BCUT2D eigenvalue weighted by Gasteiger charge is 2.51. The van der Waals surface area contributed by atoms with Gasteiger partial charge in [0.15, 0.2) is 0 Å². The van der Waals surface area contributed by atoms with Crippen molar-refractivity contribution in [3.63, 3.8) is 0 Å². The van der Waals surface area contributed by atoms with Crippen molar-refractivity contribution >= 4 is 11.6 Å². The molecule has 5 heteroatoms. The molecule has 0 radical (unpaired) electrons. The molecule has 0 spiro atoms. The molecule has 2 nitrogen and oxygen atoms in total. The van der Waals surface area contributed by atoms with Crippen molar-refractivity contribution in [2.45, 2.75) is 57.0 Å². The van der Waals surface area contributed by atoms with Crippen LogP contribution >= 0.6 is 0 Å². The molecule has 4 bridgehead atoms. The Balaban J connectivity index is 1.64. The maximum Gasteiger partial charge on any atom is 0.471 e. The third kappa shape index (κ3) is 2.76. The first kappa shape index (κ1) is 16.9. The zero-order valence-electron chi connectivity index (χ0n) is 14.7. The molecule has 0 unspecified atom stereocenters. The van der Waals surface area contributed by atoms with Crippen LogP contribution < -0.4 is 4.90 Å². The van der Waals surface area contributed by atoms with Crippen LogP contribution in [0.2, 0.25) is 0 Å². The van der Waals surface area contributed by atoms with Crippen LogP contribution in [0.15, 0.2) is 18.2 Å². The van der Waals surface area contributed by atoms with Gasteiger partial charge in [-0.25, -0.2) is 0 Å². The maximum atomic E-state index is 12.7. The molecule has 4 aliphatic carbocycles. The van der Waals surface area contributed by atoms with Crippen molar-refractivity contribution in [3.8, 4) is 0 Å². The van der Waals surface area contributed by atoms with E-state index < -0.39 is 12.1 Å². The fraction of sp³-hybridized carbons (Fsp3) is 0.650. The summed E-state index contributed by atoms with van der Waals surface area (Å²) in [6.07, 6.45) is 2.89. The number of rotatable bonds is 2. The molecule has 4 fully saturated rings. The fourth-order valence-corrected chi connectivity index (χ4v) is 6.13. The molecule has 1 aromatic carbocycles. The Bertz CT molecular complexity index is 674. The number of carbonyl (C=O) groups excluding carboxylic acids is 1. The van der Waals surface area contributed by atoms with Crippen molar-refractivity contribution in [2.75, 3.05) is 11.9 Å². The van der Waals surface area contributed by atoms with E-state index >= 15 is 0 Å². The van der Waals surface area contributed by atoms with Gasteiger partial charge < -0.3 is 4.90 Å². The van der Waals surface area contributed by atoms with Crippen molar-refractivity contribution < 1.29 is 18.0 Å². The smallest absolute Gasteiger partial charge is 0.307 e. The number of alkyl halides is 3. The maximum absolute atomic E-state index is 12.7. The topological polar surface area (TPSA) is 20.3 Å². The molecular weight excluding hydrogens is 327 g/mol. The minimum absolute atomic E-state index is 0.213. The van der Waals surface area contributed by atoms with Gasteiger partial charge in [0.25, 0.3) is 0 Å². The van der Waals surface area contributed by atoms with Crippen molar-refractivity contribution in [1.29, 1.82) is 0 Å². The van der Waals surface area contributed by atoms with Gasteiger partial charge >= 0.3 is 12.1 Å². The largest absolute Gasteiger partial charge is 0.471 e. The lowest BCUT2D eigenvalue weighted by Gasteiger charge is -2.57. The van der Waals surface area contributed by atoms with E-state index in [1.165, 1.54) is 51.1 Å². The molecule has 0 N–H and O–H groups in total. The summed E-state index contributed by atoms with van der Waals surface area (Å²) in [6, 6.07) is 5.70. The van der Waals surface area contributed by atoms with E-state index in [4.69, 9.17) is 0 Å². The predicted molar refractivity (Wildman–Crippen MR) is 90.5 cm³/mol. The second kappa shape index (κ2) is 5.49. The minimum atomic E-state index is -4.85. The van der Waals surface area contributed by atoms with Gasteiger partial charge in [-0.3, -0.25) is 4.79 Å². The van der Waals surface area contributed by atoms with Crippen molar-refractivity contribution in [1.82, 2.24) is 0 Å². The van der Waals surface area contributed by atoms with Gasteiger partial charge in [0, 0.05) is 12.7 Å². The monoisotopic (exact) mass is 351 g/mol. The van der Waals surface area contributed by atoms with Crippen molar-refractivity contribution in [2.24, 2.45) is 17.8 Å². The Labute approximate surface area is 146 Å². The Hall–Kier alpha value is -1.52. The molecule has 0 atom stereocenters. The molecule has 5 rings (SSSR count). The Morgan fingerprint density at radius 3 is 2.04 bits per heavy atom. The van der Waals surface area contributed by atoms with Gasteiger partial charge in [0.2, 0.25) is 0 Å². The lowest BCUT2D eigenvalue weighted by molar-refractivity contribution is -0.170. The first-order valence-electron chi connectivity index (χ1n) is 9.14. The van der Waals surface area contributed by atoms with Crippen LogP contribution in [0.5, 0.6) is 0 Å². The molecule has 1 aromatic rings. The second-order valence-electron chi connectivity index (χ2n) is 8.56. The zero-order valence-corrected chi connectivity index (χ0v) is 14.7. The van der Waals surface area contributed by atoms with Crippen LogP contribution in [-0.2, 0) is 10.2 Å². The van der Waals surface area contributed by atoms with E-state index in [-0.39, 0.29) is 5.41 Å². The number of aryl methyl sites for hydroxylation is 1. The van der Waals surface area contributed by atoms with Gasteiger partial charge in [0.05, 0.1) is 0 Å². The van der Waals surface area contributed by atoms with Crippen LogP contribution in [0.3, 0.4) is 0 Å². The number of benzene rings is 1. The van der Waals surface area contributed by atoms with Crippen LogP contribution in [0.4, 0.5) is 18.9 Å². The summed E-state index contributed by atoms with van der Waals surface area (Å²) < 4.78 is 38.1. The first-order chi connectivity index (χ1) is 11.7. The Morgan fingerprint density at radius 2 is 1.60 bits per heavy atom. The molecule has 1 amide bonds. The Morgan fingerprint density at radius 1 is 1.08 bits per heavy atom. The molecule has 0 heterocycles. The van der Waals surface area contributed by atoms with Gasteiger partial charge in [-0.2, -0.15) is 13.2 Å². The third-order valence-electron chi connectivity index (χ3n) is 6.76. The number of halogens is 3. The number of anilines is 1. The highest BCUT2D eigenvalue weighted by atomic mass is 19.4. The van der Waals surface area contributed by atoms with Crippen molar-refractivity contribution in [3.05, 3.63) is 29.3 Å². The zero-order chi connectivity index (χ0) is 18.0. The first-order valence-corrected chi connectivity index (χ1v) is 9.14. The highest BCUT2D eigenvalue weighted by molar-refractivity contribution is 5.97. The number of nitrogens with zero attached hydrogens (tertiary/aromatic N) is 1. The summed E-state index contributed by atoms with van der Waals surface area (Å²) in [5.74, 6) is 0.639. The molecule has 4 saturated carbocycles. The molecule has 136 valence electrons. The standard InChI is InChI=1S/C20H24F3NO/c1-12-5-16(3-4-17(12)24(2)18(25)20(21,22)23)19-9-13-6-14(10-19)8-15(7-13)11-19/h3-5,13-15H,6-11H2,1-2H3. The van der Waals surface area contributed by atoms with E-state index in [1.54, 1.807) is 13.0 Å². The average molecular weight is 351 g/mol. The number of hydrogen-bond donors (Lipinski definition) is 0. The average Bonchev–Trinajstić information content (AvgIpc) is 2.51. The lowest BCUT2D eigenvalue weighted by Crippen LogP contribution is -2.48. The van der Waals surface area contributed by atoms with Gasteiger partial charge in [0.1, 0.15) is 0 Å². The summed E-state index contributed by atoms with van der Waals surface area (Å²) in [5, 5.41) is 0. The Kier molecular flexibility index (Phi) is 3.71. The van der Waals surface area contributed by atoms with Crippen LogP contribution in [0.1, 0.15) is 49.7 Å². The van der Waals surface area contributed by atoms with Crippen LogP contribution in [-0.4, -0.2) is 19.1 Å². The fourth-order valence-electron chi connectivity index (χ4n) is 6.13. The number of carbonyl (C=O) groups is 1. The second-order valence-corrected chi connectivity index (χ2v) is 8.56. The van der Waals surface area contributed by atoms with Gasteiger partial charge in [-0.1, -0.05) is 12.1 Å². The molecular formula is C20H24F3NO. The number of amides is 1. The van der Waals surface area contributed by atoms with Crippen LogP contribution in [0.25, 0.3) is 0 Å². The lowest BCUT2D eigenvalue weighted by atomic mass is 9.48. The summed E-state index contributed by atoms with van der Waals surface area (Å²) in [6.45, 7) is 1.81. The molecule has 25 heavy (non-hydrogen) atoms. The SMILES string of the molecule is Cc1cc(C23CC4CC(CC(C4)C2)C3)ccc1N(C)C(=O)C(F)(F)F. The van der Waals surface area contributed by atoms with Crippen LogP contribution in [0, 0.1) is 24.7 Å². The minimum Gasteiger partial charge on any atom is -0.307 e. The molecule has 0 aliphatic heterocycles. The normalized spacial score (nSPS) is 33.6. The molecule has 0 saturated heterocycles. The van der Waals surface area contributed by atoms with E-state index in [1.807, 2.05) is 12.1 Å². The summed E-state index contributed by atoms with van der Waals surface area (Å²) in [7, 11) is 1.20. The highest BCUT2D eigenvalue weighted by Crippen LogP contribution is 2.60. The van der Waals surface area contributed by atoms with Gasteiger partial charge in [-0.15, -0.1) is 0 Å². The summed E-state index contributed by atoms with van der Waals surface area (Å²) in [4.78, 5) is 12.2. The van der Waals surface area contributed by atoms with E-state index in [0.717, 1.165) is 28.2 Å². The quantitative estimate of drug-likeness (QED) is 0.735. The summed E-state index contributed by atoms with van der Waals surface area (Å²) in [5.41, 5.74) is 2.56. The predicted octanol–water partition coefficient (Wildman–Crippen LogP) is 4.99. The molecule has 4 aliphatic rings. The van der Waals surface area contributed by atoms with E-state index in [2.05, 4.69) is 0 Å². The number of hydrogen-bond acceptors (Lipinski definition) is 1. The third-order valence-corrected chi connectivity index (χ3v) is 6.76. The van der Waals surface area contributed by atoms with E-state index in [0.29, 0.717) is 5.69 Å². The van der Waals surface area contributed by atoms with E-state index in [9.17, 15) is 18.0 Å². The van der Waals surface area contributed by atoms with Gasteiger partial charge in [-0.05, 0) is 85.8 Å². The summed E-state index contributed by atoms with van der Waals surface area (Å²) >= 11 is 0. The molecule has 0 aromatic heterocycles.